The second-order valence-electron chi connectivity index (χ2n) is 7.69. The maximum atomic E-state index is 13.4. The van der Waals surface area contributed by atoms with E-state index in [2.05, 4.69) is 9.97 Å². The van der Waals surface area contributed by atoms with Crippen molar-refractivity contribution in [3.63, 3.8) is 0 Å². The highest BCUT2D eigenvalue weighted by Gasteiger charge is 2.15. The third-order valence-electron chi connectivity index (χ3n) is 5.51. The predicted octanol–water partition coefficient (Wildman–Crippen LogP) is 4.79. The lowest BCUT2D eigenvalue weighted by Gasteiger charge is -2.13. The normalized spacial score (nSPS) is 11.5. The van der Waals surface area contributed by atoms with Crippen LogP contribution in [0.25, 0.3) is 21.1 Å². The maximum absolute atomic E-state index is 13.4. The Kier molecular flexibility index (Phi) is 5.59. The molecule has 2 aromatic carbocycles. The fourth-order valence-corrected chi connectivity index (χ4v) is 5.59. The maximum Gasteiger partial charge on any atom is 0.262 e. The highest BCUT2D eigenvalue weighted by Crippen LogP contribution is 2.27. The molecule has 0 saturated carbocycles. The number of halogens is 1. The molecule has 3 aromatic heterocycles. The summed E-state index contributed by atoms with van der Waals surface area (Å²) in [5.74, 6) is 0.534. The summed E-state index contributed by atoms with van der Waals surface area (Å²) in [5.41, 5.74) is 2.01. The van der Waals surface area contributed by atoms with Crippen molar-refractivity contribution in [3.05, 3.63) is 96.9 Å². The van der Waals surface area contributed by atoms with Gasteiger partial charge >= 0.3 is 0 Å². The topological polar surface area (TPSA) is 80.6 Å². The van der Waals surface area contributed by atoms with Gasteiger partial charge in [0.25, 0.3) is 11.1 Å². The van der Waals surface area contributed by atoms with E-state index in [9.17, 15) is 14.0 Å². The molecule has 5 rings (SSSR count). The molecule has 0 aliphatic heterocycles. The summed E-state index contributed by atoms with van der Waals surface area (Å²) in [6.45, 7) is 4.15. The van der Waals surface area contributed by atoms with Crippen LogP contribution in [0.2, 0.25) is 0 Å². The number of benzene rings is 2. The third kappa shape index (κ3) is 4.09. The van der Waals surface area contributed by atoms with E-state index in [0.717, 1.165) is 16.0 Å². The third-order valence-corrected chi connectivity index (χ3v) is 7.60. The molecule has 3 heterocycles. The minimum atomic E-state index is -0.332. The monoisotopic (exact) mass is 478 g/mol. The van der Waals surface area contributed by atoms with Crippen LogP contribution in [0, 0.1) is 19.7 Å². The van der Waals surface area contributed by atoms with Gasteiger partial charge in [-0.15, -0.1) is 11.3 Å². The minimum Gasteiger partial charge on any atom is -0.309 e. The number of hydrogen-bond acceptors (Lipinski definition) is 6. The van der Waals surface area contributed by atoms with Crippen LogP contribution in [0.4, 0.5) is 4.39 Å². The number of hydrogen-bond donors (Lipinski definition) is 1. The zero-order valence-corrected chi connectivity index (χ0v) is 19.5. The lowest BCUT2D eigenvalue weighted by atomic mass is 10.2. The van der Waals surface area contributed by atoms with Gasteiger partial charge in [0.2, 0.25) is 0 Å². The predicted molar refractivity (Wildman–Crippen MR) is 131 cm³/mol. The van der Waals surface area contributed by atoms with Crippen molar-refractivity contribution in [1.29, 1.82) is 0 Å². The Balaban J connectivity index is 1.54. The second kappa shape index (κ2) is 8.57. The Morgan fingerprint density at radius 3 is 2.61 bits per heavy atom. The fraction of sp³-hybridized carbons (Fsp3) is 0.167. The summed E-state index contributed by atoms with van der Waals surface area (Å²) in [4.78, 5) is 39.8. The number of aromatic amines is 1. The lowest BCUT2D eigenvalue weighted by Crippen LogP contribution is -2.24. The summed E-state index contributed by atoms with van der Waals surface area (Å²) >= 11 is 2.83. The molecular weight excluding hydrogens is 459 g/mol. The van der Waals surface area contributed by atoms with E-state index >= 15 is 0 Å². The van der Waals surface area contributed by atoms with Gasteiger partial charge in [-0.25, -0.2) is 14.4 Å². The van der Waals surface area contributed by atoms with Crippen LogP contribution in [0.1, 0.15) is 21.8 Å². The van der Waals surface area contributed by atoms with Crippen LogP contribution in [0.15, 0.2) is 63.3 Å². The molecule has 1 N–H and O–H groups in total. The smallest absolute Gasteiger partial charge is 0.262 e. The molecule has 5 aromatic rings. The van der Waals surface area contributed by atoms with Gasteiger partial charge in [-0.2, -0.15) is 0 Å². The zero-order valence-electron chi connectivity index (χ0n) is 17.9. The number of nitrogens with zero attached hydrogens (tertiary/aromatic N) is 3. The summed E-state index contributed by atoms with van der Waals surface area (Å²) in [6, 6.07) is 13.2. The summed E-state index contributed by atoms with van der Waals surface area (Å²) < 4.78 is 14.9. The van der Waals surface area contributed by atoms with Gasteiger partial charge in [0.1, 0.15) is 16.5 Å². The number of H-pyrrole nitrogens is 1. The van der Waals surface area contributed by atoms with Crippen molar-refractivity contribution >= 4 is 44.2 Å². The van der Waals surface area contributed by atoms with Gasteiger partial charge in [-0.1, -0.05) is 36.0 Å². The molecule has 0 spiro atoms. The van der Waals surface area contributed by atoms with Crippen molar-refractivity contribution < 1.29 is 4.39 Å². The largest absolute Gasteiger partial charge is 0.309 e. The van der Waals surface area contributed by atoms with Crippen molar-refractivity contribution in [3.8, 4) is 0 Å². The van der Waals surface area contributed by atoms with Crippen molar-refractivity contribution in [2.45, 2.75) is 31.3 Å². The van der Waals surface area contributed by atoms with E-state index in [1.165, 1.54) is 35.2 Å². The van der Waals surface area contributed by atoms with Gasteiger partial charge in [-0.05, 0) is 49.2 Å². The lowest BCUT2D eigenvalue weighted by molar-refractivity contribution is 0.622. The van der Waals surface area contributed by atoms with Crippen molar-refractivity contribution in [1.82, 2.24) is 19.5 Å². The number of aromatic nitrogens is 4. The minimum absolute atomic E-state index is 0.160. The number of aryl methyl sites for hydroxylation is 2. The Bertz CT molecular complexity index is 1620. The summed E-state index contributed by atoms with van der Waals surface area (Å²) in [7, 11) is 0. The van der Waals surface area contributed by atoms with Crippen LogP contribution in [0.5, 0.6) is 0 Å². The molecule has 0 atom stereocenters. The van der Waals surface area contributed by atoms with Gasteiger partial charge in [0.05, 0.1) is 28.6 Å². The Hall–Kier alpha value is -3.30. The molecule has 9 heteroatoms. The standard InChI is InChI=1S/C24H19FN4O2S2/c1-13-14(2)33-22-20(13)21(30)27-19(28-22)12-32-24-26-18-6-4-3-5-17(18)23(31)29(24)11-15-7-9-16(25)10-8-15/h3-10H,11-12H2,1-2H3,(H,27,28,30). The van der Waals surface area contributed by atoms with Crippen LogP contribution in [-0.4, -0.2) is 19.5 Å². The number of rotatable bonds is 5. The van der Waals surface area contributed by atoms with Crippen molar-refractivity contribution in [2.75, 3.05) is 0 Å². The molecule has 166 valence electrons. The summed E-state index contributed by atoms with van der Waals surface area (Å²) in [6.07, 6.45) is 0. The van der Waals surface area contributed by atoms with E-state index in [1.54, 1.807) is 34.9 Å². The average molecular weight is 479 g/mol. The average Bonchev–Trinajstić information content (AvgIpc) is 3.09. The number of thioether (sulfide) groups is 1. The molecule has 0 fully saturated rings. The second-order valence-corrected chi connectivity index (χ2v) is 9.84. The molecule has 33 heavy (non-hydrogen) atoms. The van der Waals surface area contributed by atoms with Gasteiger partial charge in [-0.3, -0.25) is 14.2 Å². The molecule has 0 aliphatic rings. The molecule has 0 bridgehead atoms. The molecule has 6 nitrogen and oxygen atoms in total. The molecular formula is C24H19FN4O2S2. The first-order chi connectivity index (χ1) is 15.9. The molecule has 0 amide bonds. The molecule has 0 saturated heterocycles. The highest BCUT2D eigenvalue weighted by molar-refractivity contribution is 7.98. The Morgan fingerprint density at radius 2 is 1.82 bits per heavy atom. The van der Waals surface area contributed by atoms with E-state index < -0.39 is 0 Å². The van der Waals surface area contributed by atoms with Crippen molar-refractivity contribution in [2.24, 2.45) is 0 Å². The quantitative estimate of drug-likeness (QED) is 0.290. The first-order valence-corrected chi connectivity index (χ1v) is 12.1. The Labute approximate surface area is 196 Å². The highest BCUT2D eigenvalue weighted by atomic mass is 32.2. The van der Waals surface area contributed by atoms with Gasteiger partial charge < -0.3 is 4.98 Å². The van der Waals surface area contributed by atoms with E-state index in [4.69, 9.17) is 4.98 Å². The number of thiophene rings is 1. The van der Waals surface area contributed by atoms with Crippen LogP contribution in [0.3, 0.4) is 0 Å². The molecule has 0 radical (unpaired) electrons. The number of fused-ring (bicyclic) bond motifs is 2. The van der Waals surface area contributed by atoms with Gasteiger partial charge in [0.15, 0.2) is 5.16 Å². The van der Waals surface area contributed by atoms with Crippen LogP contribution >= 0.6 is 23.1 Å². The van der Waals surface area contributed by atoms with Crippen LogP contribution < -0.4 is 11.1 Å². The Morgan fingerprint density at radius 1 is 1.06 bits per heavy atom. The first kappa shape index (κ1) is 21.5. The molecule has 0 unspecified atom stereocenters. The van der Waals surface area contributed by atoms with E-state index in [0.29, 0.717) is 37.9 Å². The molecule has 0 aliphatic carbocycles. The zero-order chi connectivity index (χ0) is 23.1. The van der Waals surface area contributed by atoms with E-state index in [-0.39, 0.29) is 23.5 Å². The van der Waals surface area contributed by atoms with E-state index in [1.807, 2.05) is 19.9 Å². The number of para-hydroxylation sites is 1. The van der Waals surface area contributed by atoms with Crippen LogP contribution in [-0.2, 0) is 12.3 Å². The SMILES string of the molecule is Cc1sc2nc(CSc3nc4ccccc4c(=O)n3Cc3ccc(F)cc3)[nH]c(=O)c2c1C. The number of nitrogens with one attached hydrogen (secondary N) is 1. The fourth-order valence-electron chi connectivity index (χ4n) is 3.67. The van der Waals surface area contributed by atoms with Gasteiger partial charge in [0, 0.05) is 4.88 Å². The summed E-state index contributed by atoms with van der Waals surface area (Å²) in [5, 5.41) is 1.65. The first-order valence-electron chi connectivity index (χ1n) is 10.3.